The summed E-state index contributed by atoms with van der Waals surface area (Å²) in [5, 5.41) is 2.88. The lowest BCUT2D eigenvalue weighted by atomic mass is 10.1. The molecule has 0 radical (unpaired) electrons. The predicted octanol–water partition coefficient (Wildman–Crippen LogP) is 2.41. The zero-order chi connectivity index (χ0) is 16.9. The summed E-state index contributed by atoms with van der Waals surface area (Å²) in [6, 6.07) is 10.8. The number of benzene rings is 2. The van der Waals surface area contributed by atoms with Gasteiger partial charge in [-0.05, 0) is 29.8 Å². The van der Waals surface area contributed by atoms with Crippen molar-refractivity contribution in [3.05, 3.63) is 47.5 Å². The van der Waals surface area contributed by atoms with E-state index >= 15 is 0 Å². The summed E-state index contributed by atoms with van der Waals surface area (Å²) in [6.45, 7) is 1.33. The predicted molar refractivity (Wildman–Crippen MR) is 88.1 cm³/mol. The van der Waals surface area contributed by atoms with E-state index < -0.39 is 0 Å². The highest BCUT2D eigenvalue weighted by molar-refractivity contribution is 5.95. The Labute approximate surface area is 140 Å². The maximum Gasteiger partial charge on any atom is 0.251 e. The van der Waals surface area contributed by atoms with E-state index in [2.05, 4.69) is 5.32 Å². The van der Waals surface area contributed by atoms with Gasteiger partial charge in [-0.2, -0.15) is 0 Å². The zero-order valence-corrected chi connectivity index (χ0v) is 13.6. The molecule has 0 atom stereocenters. The molecule has 1 aliphatic heterocycles. The molecule has 1 N–H and O–H groups in total. The quantitative estimate of drug-likeness (QED) is 0.912. The van der Waals surface area contributed by atoms with E-state index in [0.717, 1.165) is 11.3 Å². The van der Waals surface area contributed by atoms with E-state index in [1.807, 2.05) is 24.3 Å². The Morgan fingerprint density at radius 2 is 1.83 bits per heavy atom. The van der Waals surface area contributed by atoms with Crippen molar-refractivity contribution < 1.29 is 23.7 Å². The maximum absolute atomic E-state index is 12.4. The normalized spacial score (nSPS) is 12.4. The minimum Gasteiger partial charge on any atom is -0.497 e. The van der Waals surface area contributed by atoms with Crippen LogP contribution in [0.25, 0.3) is 0 Å². The van der Waals surface area contributed by atoms with Crippen molar-refractivity contribution in [2.45, 2.75) is 6.54 Å². The van der Waals surface area contributed by atoms with Gasteiger partial charge in [-0.1, -0.05) is 12.1 Å². The molecule has 0 spiro atoms. The zero-order valence-electron chi connectivity index (χ0n) is 13.6. The molecule has 0 saturated heterocycles. The highest BCUT2D eigenvalue weighted by Crippen LogP contribution is 2.40. The Morgan fingerprint density at radius 3 is 2.54 bits per heavy atom. The highest BCUT2D eigenvalue weighted by atomic mass is 16.6. The van der Waals surface area contributed by atoms with E-state index in [0.29, 0.717) is 42.6 Å². The molecule has 2 aromatic rings. The summed E-state index contributed by atoms with van der Waals surface area (Å²) in [5.41, 5.74) is 1.44. The Morgan fingerprint density at radius 1 is 1.08 bits per heavy atom. The van der Waals surface area contributed by atoms with Gasteiger partial charge < -0.3 is 24.3 Å². The van der Waals surface area contributed by atoms with E-state index in [1.54, 1.807) is 19.2 Å². The first-order chi connectivity index (χ1) is 11.7. The lowest BCUT2D eigenvalue weighted by molar-refractivity contribution is 0.0949. The fourth-order valence-electron chi connectivity index (χ4n) is 2.43. The van der Waals surface area contributed by atoms with Crippen LogP contribution in [0.1, 0.15) is 15.9 Å². The second-order valence-electron chi connectivity index (χ2n) is 5.23. The summed E-state index contributed by atoms with van der Waals surface area (Å²) >= 11 is 0. The van der Waals surface area contributed by atoms with Crippen LogP contribution in [0.4, 0.5) is 0 Å². The standard InChI is InChI=1S/C18H19NO5/c1-21-14-5-3-12(4-6-14)11-19-18(20)13-9-15(22-2)17-16(10-13)23-7-8-24-17/h3-6,9-10H,7-8,11H2,1-2H3,(H,19,20). The highest BCUT2D eigenvalue weighted by Gasteiger charge is 2.20. The first-order valence-corrected chi connectivity index (χ1v) is 7.60. The first kappa shape index (κ1) is 16.0. The number of rotatable bonds is 5. The molecule has 1 aliphatic rings. The largest absolute Gasteiger partial charge is 0.497 e. The smallest absolute Gasteiger partial charge is 0.251 e. The van der Waals surface area contributed by atoms with Crippen LogP contribution in [0.15, 0.2) is 36.4 Å². The van der Waals surface area contributed by atoms with Crippen LogP contribution < -0.4 is 24.3 Å². The molecule has 126 valence electrons. The molecule has 3 rings (SSSR count). The molecule has 0 saturated carbocycles. The van der Waals surface area contributed by atoms with Crippen LogP contribution in [-0.2, 0) is 6.54 Å². The van der Waals surface area contributed by atoms with Crippen molar-refractivity contribution in [2.75, 3.05) is 27.4 Å². The van der Waals surface area contributed by atoms with E-state index in [9.17, 15) is 4.79 Å². The Balaban J connectivity index is 1.72. The number of hydrogen-bond donors (Lipinski definition) is 1. The Kier molecular flexibility index (Phi) is 4.74. The number of carbonyl (C=O) groups is 1. The third-order valence-corrected chi connectivity index (χ3v) is 3.70. The number of methoxy groups -OCH3 is 2. The summed E-state index contributed by atoms with van der Waals surface area (Å²) in [5.74, 6) is 2.12. The SMILES string of the molecule is COc1ccc(CNC(=O)c2cc(OC)c3c(c2)OCCO3)cc1. The molecule has 1 heterocycles. The van der Waals surface area contributed by atoms with Crippen molar-refractivity contribution in [3.8, 4) is 23.0 Å². The third-order valence-electron chi connectivity index (χ3n) is 3.70. The fraction of sp³-hybridized carbons (Fsp3) is 0.278. The number of nitrogens with one attached hydrogen (secondary N) is 1. The molecule has 6 nitrogen and oxygen atoms in total. The number of carbonyl (C=O) groups excluding carboxylic acids is 1. The number of amides is 1. The van der Waals surface area contributed by atoms with Crippen molar-refractivity contribution in [3.63, 3.8) is 0 Å². The second kappa shape index (κ2) is 7.12. The van der Waals surface area contributed by atoms with Gasteiger partial charge in [0.1, 0.15) is 19.0 Å². The molecular formula is C18H19NO5. The topological polar surface area (TPSA) is 66.0 Å². The van der Waals surface area contributed by atoms with Crippen molar-refractivity contribution in [1.29, 1.82) is 0 Å². The van der Waals surface area contributed by atoms with Crippen LogP contribution in [0.3, 0.4) is 0 Å². The lowest BCUT2D eigenvalue weighted by Crippen LogP contribution is -2.23. The van der Waals surface area contributed by atoms with Crippen molar-refractivity contribution in [2.24, 2.45) is 0 Å². The third kappa shape index (κ3) is 3.37. The van der Waals surface area contributed by atoms with Gasteiger partial charge >= 0.3 is 0 Å². The summed E-state index contributed by atoms with van der Waals surface area (Å²) in [4.78, 5) is 12.4. The van der Waals surface area contributed by atoms with Gasteiger partial charge in [0.15, 0.2) is 11.5 Å². The molecule has 0 fully saturated rings. The van der Waals surface area contributed by atoms with E-state index in [4.69, 9.17) is 18.9 Å². The average Bonchev–Trinajstić information content (AvgIpc) is 2.65. The molecule has 0 aromatic heterocycles. The molecule has 0 aliphatic carbocycles. The van der Waals surface area contributed by atoms with Gasteiger partial charge in [0, 0.05) is 12.1 Å². The molecule has 24 heavy (non-hydrogen) atoms. The van der Waals surface area contributed by atoms with Crippen LogP contribution in [-0.4, -0.2) is 33.3 Å². The molecule has 6 heteroatoms. The Hall–Kier alpha value is -2.89. The van der Waals surface area contributed by atoms with Gasteiger partial charge in [-0.15, -0.1) is 0 Å². The molecular weight excluding hydrogens is 310 g/mol. The number of fused-ring (bicyclic) bond motifs is 1. The van der Waals surface area contributed by atoms with Crippen molar-refractivity contribution in [1.82, 2.24) is 5.32 Å². The molecule has 0 unspecified atom stereocenters. The van der Waals surface area contributed by atoms with Gasteiger partial charge in [0.25, 0.3) is 5.91 Å². The second-order valence-corrected chi connectivity index (χ2v) is 5.23. The fourth-order valence-corrected chi connectivity index (χ4v) is 2.43. The van der Waals surface area contributed by atoms with Gasteiger partial charge in [0.2, 0.25) is 5.75 Å². The van der Waals surface area contributed by atoms with Gasteiger partial charge in [-0.3, -0.25) is 4.79 Å². The summed E-state index contributed by atoms with van der Waals surface area (Å²) < 4.78 is 21.5. The molecule has 1 amide bonds. The van der Waals surface area contributed by atoms with Crippen LogP contribution in [0, 0.1) is 0 Å². The number of hydrogen-bond acceptors (Lipinski definition) is 5. The lowest BCUT2D eigenvalue weighted by Gasteiger charge is -2.21. The monoisotopic (exact) mass is 329 g/mol. The molecule has 0 bridgehead atoms. The van der Waals surface area contributed by atoms with E-state index in [1.165, 1.54) is 7.11 Å². The maximum atomic E-state index is 12.4. The van der Waals surface area contributed by atoms with Gasteiger partial charge in [0.05, 0.1) is 14.2 Å². The minimum absolute atomic E-state index is 0.207. The van der Waals surface area contributed by atoms with E-state index in [-0.39, 0.29) is 5.91 Å². The first-order valence-electron chi connectivity index (χ1n) is 7.60. The summed E-state index contributed by atoms with van der Waals surface area (Å²) in [6.07, 6.45) is 0. The Bertz CT molecular complexity index is 710. The molecule has 2 aromatic carbocycles. The summed E-state index contributed by atoms with van der Waals surface area (Å²) in [7, 11) is 3.15. The van der Waals surface area contributed by atoms with Crippen LogP contribution in [0.2, 0.25) is 0 Å². The minimum atomic E-state index is -0.207. The van der Waals surface area contributed by atoms with Crippen LogP contribution >= 0.6 is 0 Å². The van der Waals surface area contributed by atoms with Crippen LogP contribution in [0.5, 0.6) is 23.0 Å². The number of ether oxygens (including phenoxy) is 4. The van der Waals surface area contributed by atoms with Gasteiger partial charge in [-0.25, -0.2) is 0 Å². The van der Waals surface area contributed by atoms with Crippen molar-refractivity contribution >= 4 is 5.91 Å². The average molecular weight is 329 g/mol.